The molecule has 0 radical (unpaired) electrons. The monoisotopic (exact) mass is 254 g/mol. The van der Waals surface area contributed by atoms with Crippen molar-refractivity contribution in [3.63, 3.8) is 0 Å². The summed E-state index contributed by atoms with van der Waals surface area (Å²) < 4.78 is 0. The van der Waals surface area contributed by atoms with Gasteiger partial charge in [0, 0.05) is 0 Å². The summed E-state index contributed by atoms with van der Waals surface area (Å²) in [6, 6.07) is 9.81. The van der Waals surface area contributed by atoms with E-state index in [1.54, 1.807) is 6.07 Å². The molecule has 1 aromatic rings. The predicted molar refractivity (Wildman–Crippen MR) is 77.6 cm³/mol. The van der Waals surface area contributed by atoms with Crippen molar-refractivity contribution in [2.24, 2.45) is 0 Å². The molecular weight excluding hydrogens is 232 g/mol. The van der Waals surface area contributed by atoms with E-state index in [1.165, 1.54) is 38.5 Å². The fourth-order valence-corrected chi connectivity index (χ4v) is 2.31. The molecule has 0 aromatic heterocycles. The van der Waals surface area contributed by atoms with Gasteiger partial charge in [0.05, 0.1) is 11.1 Å². The van der Waals surface area contributed by atoms with Crippen molar-refractivity contribution in [3.05, 3.63) is 34.9 Å². The van der Waals surface area contributed by atoms with Gasteiger partial charge in [0.2, 0.25) is 0 Å². The Balaban J connectivity index is 2.38. The predicted octanol–water partition coefficient (Wildman–Crippen LogP) is 4.72. The van der Waals surface area contributed by atoms with Crippen LogP contribution >= 0.6 is 0 Å². The second kappa shape index (κ2) is 9.17. The minimum absolute atomic E-state index is 0.503. The lowest BCUT2D eigenvalue weighted by Crippen LogP contribution is -1.94. The van der Waals surface area contributed by atoms with Crippen LogP contribution in [-0.2, 0) is 6.42 Å². The Bertz CT molecular complexity index is 463. The van der Waals surface area contributed by atoms with Gasteiger partial charge in [-0.05, 0) is 24.5 Å². The topological polar surface area (TPSA) is 47.6 Å². The average molecular weight is 254 g/mol. The van der Waals surface area contributed by atoms with Crippen LogP contribution in [-0.4, -0.2) is 0 Å². The van der Waals surface area contributed by atoms with Gasteiger partial charge in [-0.15, -0.1) is 0 Å². The molecule has 0 amide bonds. The van der Waals surface area contributed by atoms with Gasteiger partial charge < -0.3 is 0 Å². The van der Waals surface area contributed by atoms with E-state index in [2.05, 4.69) is 19.1 Å². The van der Waals surface area contributed by atoms with Crippen LogP contribution in [0.3, 0.4) is 0 Å². The highest BCUT2D eigenvalue weighted by Gasteiger charge is 2.06. The van der Waals surface area contributed by atoms with Crippen molar-refractivity contribution >= 4 is 0 Å². The minimum Gasteiger partial charge on any atom is -0.192 e. The molecule has 0 unspecified atom stereocenters. The van der Waals surface area contributed by atoms with E-state index in [1.807, 2.05) is 12.1 Å². The first-order chi connectivity index (χ1) is 9.33. The van der Waals surface area contributed by atoms with Gasteiger partial charge in [-0.3, -0.25) is 0 Å². The molecule has 0 atom stereocenters. The summed E-state index contributed by atoms with van der Waals surface area (Å²) in [5.41, 5.74) is 2.09. The van der Waals surface area contributed by atoms with E-state index >= 15 is 0 Å². The highest BCUT2D eigenvalue weighted by Crippen LogP contribution is 2.17. The maximum absolute atomic E-state index is 9.13. The van der Waals surface area contributed by atoms with Gasteiger partial charge in [0.1, 0.15) is 12.1 Å². The van der Waals surface area contributed by atoms with Crippen molar-refractivity contribution in [1.29, 1.82) is 10.5 Å². The lowest BCUT2D eigenvalue weighted by Gasteiger charge is -2.05. The van der Waals surface area contributed by atoms with Crippen LogP contribution in [0.25, 0.3) is 0 Å². The van der Waals surface area contributed by atoms with Crippen LogP contribution < -0.4 is 0 Å². The standard InChI is InChI=1S/C17H22N2/c1-2-3-4-5-6-7-8-10-15-11-9-12-16(13-18)17(15)14-19/h9,11-12H,2-8,10H2,1H3. The van der Waals surface area contributed by atoms with E-state index in [-0.39, 0.29) is 0 Å². The first-order valence-corrected chi connectivity index (χ1v) is 7.25. The molecule has 1 rings (SSSR count). The summed E-state index contributed by atoms with van der Waals surface area (Å²) >= 11 is 0. The number of rotatable bonds is 8. The minimum atomic E-state index is 0.503. The zero-order valence-electron chi connectivity index (χ0n) is 11.8. The lowest BCUT2D eigenvalue weighted by atomic mass is 9.97. The van der Waals surface area contributed by atoms with Crippen molar-refractivity contribution < 1.29 is 0 Å². The fraction of sp³-hybridized carbons (Fsp3) is 0.529. The van der Waals surface area contributed by atoms with Gasteiger partial charge in [0.25, 0.3) is 0 Å². The molecule has 0 N–H and O–H groups in total. The fourth-order valence-electron chi connectivity index (χ4n) is 2.31. The number of benzene rings is 1. The number of nitrogens with zero attached hydrogens (tertiary/aromatic N) is 2. The van der Waals surface area contributed by atoms with Gasteiger partial charge in [-0.1, -0.05) is 57.6 Å². The molecule has 0 saturated carbocycles. The highest BCUT2D eigenvalue weighted by atomic mass is 14.3. The molecule has 100 valence electrons. The maximum Gasteiger partial charge on any atom is 0.101 e. The van der Waals surface area contributed by atoms with Gasteiger partial charge in [0.15, 0.2) is 0 Å². The Labute approximate surface area is 116 Å². The van der Waals surface area contributed by atoms with Crippen LogP contribution in [0.5, 0.6) is 0 Å². The average Bonchev–Trinajstić information content (AvgIpc) is 2.45. The Morgan fingerprint density at radius 2 is 1.58 bits per heavy atom. The Morgan fingerprint density at radius 3 is 2.21 bits per heavy atom. The Kier molecular flexibility index (Phi) is 7.37. The SMILES string of the molecule is CCCCCCCCCc1cccc(C#N)c1C#N. The van der Waals surface area contributed by atoms with E-state index in [4.69, 9.17) is 10.5 Å². The Morgan fingerprint density at radius 1 is 0.895 bits per heavy atom. The van der Waals surface area contributed by atoms with Crippen molar-refractivity contribution in [2.45, 2.75) is 58.3 Å². The first kappa shape index (κ1) is 15.3. The molecule has 0 spiro atoms. The summed E-state index contributed by atoms with van der Waals surface area (Å²) in [6.07, 6.45) is 9.78. The van der Waals surface area contributed by atoms with E-state index < -0.39 is 0 Å². The summed E-state index contributed by atoms with van der Waals surface area (Å²) in [5, 5.41) is 18.1. The van der Waals surface area contributed by atoms with E-state index in [0.29, 0.717) is 11.1 Å². The highest BCUT2D eigenvalue weighted by molar-refractivity contribution is 5.50. The zero-order chi connectivity index (χ0) is 13.9. The second-order valence-electron chi connectivity index (χ2n) is 4.93. The van der Waals surface area contributed by atoms with Crippen molar-refractivity contribution in [3.8, 4) is 12.1 Å². The number of unbranched alkanes of at least 4 members (excludes halogenated alkanes) is 6. The third kappa shape index (κ3) is 5.14. The van der Waals surface area contributed by atoms with Crippen LogP contribution in [0.2, 0.25) is 0 Å². The Hall–Kier alpha value is -1.80. The summed E-state index contributed by atoms with van der Waals surface area (Å²) in [6.45, 7) is 2.23. The summed E-state index contributed by atoms with van der Waals surface area (Å²) in [7, 11) is 0. The van der Waals surface area contributed by atoms with Gasteiger partial charge >= 0.3 is 0 Å². The molecule has 0 aliphatic carbocycles. The third-order valence-corrected chi connectivity index (χ3v) is 3.43. The van der Waals surface area contributed by atoms with Crippen LogP contribution in [0, 0.1) is 22.7 Å². The molecule has 1 aromatic carbocycles. The quantitative estimate of drug-likeness (QED) is 0.630. The number of nitriles is 2. The molecular formula is C17H22N2. The summed E-state index contributed by atoms with van der Waals surface area (Å²) in [5.74, 6) is 0. The molecule has 19 heavy (non-hydrogen) atoms. The van der Waals surface area contributed by atoms with Crippen LogP contribution in [0.1, 0.15) is 68.6 Å². The molecule has 2 nitrogen and oxygen atoms in total. The molecule has 2 heteroatoms. The molecule has 0 fully saturated rings. The largest absolute Gasteiger partial charge is 0.192 e. The normalized spacial score (nSPS) is 9.84. The summed E-state index contributed by atoms with van der Waals surface area (Å²) in [4.78, 5) is 0. The molecule has 0 aliphatic rings. The van der Waals surface area contributed by atoms with Gasteiger partial charge in [-0.25, -0.2) is 0 Å². The molecule has 0 aliphatic heterocycles. The number of hydrogen-bond acceptors (Lipinski definition) is 2. The molecule has 0 bridgehead atoms. The maximum atomic E-state index is 9.13. The molecule has 0 heterocycles. The van der Waals surface area contributed by atoms with E-state index in [0.717, 1.165) is 18.4 Å². The van der Waals surface area contributed by atoms with Crippen LogP contribution in [0.15, 0.2) is 18.2 Å². The van der Waals surface area contributed by atoms with Crippen LogP contribution in [0.4, 0.5) is 0 Å². The van der Waals surface area contributed by atoms with Gasteiger partial charge in [-0.2, -0.15) is 10.5 Å². The molecule has 0 saturated heterocycles. The first-order valence-electron chi connectivity index (χ1n) is 7.25. The van der Waals surface area contributed by atoms with Crippen molar-refractivity contribution in [2.75, 3.05) is 0 Å². The lowest BCUT2D eigenvalue weighted by molar-refractivity contribution is 0.589. The smallest absolute Gasteiger partial charge is 0.101 e. The second-order valence-corrected chi connectivity index (χ2v) is 4.93. The zero-order valence-corrected chi connectivity index (χ0v) is 11.8. The van der Waals surface area contributed by atoms with E-state index in [9.17, 15) is 0 Å². The third-order valence-electron chi connectivity index (χ3n) is 3.43. The van der Waals surface area contributed by atoms with Crippen molar-refractivity contribution in [1.82, 2.24) is 0 Å². The number of aryl methyl sites for hydroxylation is 1. The number of hydrogen-bond donors (Lipinski definition) is 0.